The molecule has 5 rings (SSSR count). The number of hydrogen-bond acceptors (Lipinski definition) is 5. The molecular formula is C24H23ClN6O. The number of ether oxygens (including phenoxy) is 1. The van der Waals surface area contributed by atoms with Gasteiger partial charge in [-0.3, -0.25) is 0 Å². The number of aromatic amines is 1. The van der Waals surface area contributed by atoms with E-state index in [1.807, 2.05) is 54.6 Å². The van der Waals surface area contributed by atoms with Crippen molar-refractivity contribution in [1.29, 1.82) is 0 Å². The van der Waals surface area contributed by atoms with Gasteiger partial charge in [-0.25, -0.2) is 0 Å². The van der Waals surface area contributed by atoms with Crippen LogP contribution in [0.3, 0.4) is 0 Å². The number of benzene rings is 3. The molecule has 0 atom stereocenters. The number of rotatable bonds is 8. The van der Waals surface area contributed by atoms with Crippen LogP contribution < -0.4 is 10.1 Å². The fraction of sp³-hybridized carbons (Fsp3) is 0.125. The minimum absolute atomic E-state index is 0. The Morgan fingerprint density at radius 3 is 2.69 bits per heavy atom. The van der Waals surface area contributed by atoms with Crippen molar-refractivity contribution in [3.05, 3.63) is 96.2 Å². The van der Waals surface area contributed by atoms with Gasteiger partial charge in [0.05, 0.1) is 5.69 Å². The number of para-hydroxylation sites is 2. The van der Waals surface area contributed by atoms with Crippen LogP contribution in [0.25, 0.3) is 16.6 Å². The molecule has 0 radical (unpaired) electrons. The Bertz CT molecular complexity index is 1280. The van der Waals surface area contributed by atoms with E-state index in [4.69, 9.17) is 4.74 Å². The van der Waals surface area contributed by atoms with Crippen LogP contribution in [0.1, 0.15) is 11.1 Å². The zero-order chi connectivity index (χ0) is 20.9. The monoisotopic (exact) mass is 446 g/mol. The number of nitrogens with one attached hydrogen (secondary N) is 2. The molecule has 8 heteroatoms. The van der Waals surface area contributed by atoms with Crippen molar-refractivity contribution < 1.29 is 4.74 Å². The molecule has 3 aromatic carbocycles. The van der Waals surface area contributed by atoms with Crippen molar-refractivity contribution in [3.8, 4) is 17.4 Å². The molecule has 2 aromatic heterocycles. The van der Waals surface area contributed by atoms with Crippen molar-refractivity contribution in [2.24, 2.45) is 0 Å². The van der Waals surface area contributed by atoms with E-state index < -0.39 is 0 Å². The molecule has 0 aliphatic rings. The molecule has 0 saturated carbocycles. The minimum Gasteiger partial charge on any atom is -0.423 e. The molecule has 2 heterocycles. The third-order valence-corrected chi connectivity index (χ3v) is 5.12. The van der Waals surface area contributed by atoms with Crippen LogP contribution in [0, 0.1) is 0 Å². The summed E-state index contributed by atoms with van der Waals surface area (Å²) in [5.41, 5.74) is 4.49. The van der Waals surface area contributed by atoms with Gasteiger partial charge in [-0.05, 0) is 64.9 Å². The van der Waals surface area contributed by atoms with E-state index in [9.17, 15) is 0 Å². The van der Waals surface area contributed by atoms with Gasteiger partial charge < -0.3 is 15.0 Å². The Hall–Kier alpha value is -3.68. The number of aromatic nitrogens is 5. The highest BCUT2D eigenvalue weighted by atomic mass is 35.5. The summed E-state index contributed by atoms with van der Waals surface area (Å²) in [7, 11) is 0. The fourth-order valence-electron chi connectivity index (χ4n) is 3.59. The summed E-state index contributed by atoms with van der Waals surface area (Å²) in [6, 6.07) is 26.3. The van der Waals surface area contributed by atoms with Crippen molar-refractivity contribution in [1.82, 2.24) is 30.5 Å². The maximum absolute atomic E-state index is 5.95. The Balaban J connectivity index is 0.00000245. The second-order valence-corrected chi connectivity index (χ2v) is 7.24. The first-order chi connectivity index (χ1) is 15.4. The van der Waals surface area contributed by atoms with E-state index in [2.05, 4.69) is 56.3 Å². The van der Waals surface area contributed by atoms with Crippen molar-refractivity contribution in [2.45, 2.75) is 13.0 Å². The van der Waals surface area contributed by atoms with E-state index >= 15 is 0 Å². The topological polar surface area (TPSA) is 80.7 Å². The molecule has 0 unspecified atom stereocenters. The van der Waals surface area contributed by atoms with Gasteiger partial charge in [0.25, 0.3) is 0 Å². The van der Waals surface area contributed by atoms with Crippen LogP contribution in [0.15, 0.2) is 85.1 Å². The summed E-state index contributed by atoms with van der Waals surface area (Å²) in [6.45, 7) is 1.64. The molecule has 5 aromatic rings. The average Bonchev–Trinajstić information content (AvgIpc) is 3.45. The number of H-pyrrole nitrogens is 1. The van der Waals surface area contributed by atoms with Gasteiger partial charge >= 0.3 is 6.01 Å². The fourth-order valence-corrected chi connectivity index (χ4v) is 3.59. The van der Waals surface area contributed by atoms with Crippen LogP contribution in [0.2, 0.25) is 0 Å². The third kappa shape index (κ3) is 4.80. The first-order valence-electron chi connectivity index (χ1n) is 10.2. The van der Waals surface area contributed by atoms with E-state index in [1.165, 1.54) is 16.5 Å². The second kappa shape index (κ2) is 10.1. The molecule has 32 heavy (non-hydrogen) atoms. The highest BCUT2D eigenvalue weighted by Gasteiger charge is 2.10. The van der Waals surface area contributed by atoms with E-state index in [-0.39, 0.29) is 12.4 Å². The largest absolute Gasteiger partial charge is 0.423 e. The first-order valence-corrected chi connectivity index (χ1v) is 10.2. The molecule has 0 fully saturated rings. The van der Waals surface area contributed by atoms with Crippen LogP contribution in [-0.4, -0.2) is 31.7 Å². The van der Waals surface area contributed by atoms with Crippen LogP contribution in [-0.2, 0) is 13.0 Å². The number of hydrogen-bond donors (Lipinski definition) is 2. The van der Waals surface area contributed by atoms with Crippen LogP contribution >= 0.6 is 12.4 Å². The summed E-state index contributed by atoms with van der Waals surface area (Å²) >= 11 is 0. The van der Waals surface area contributed by atoms with E-state index in [1.54, 1.807) is 4.68 Å². The SMILES string of the molecule is Cl.c1ccc(-n2nnnc2Oc2cccc(CNCCc3c[nH]c4ccccc34)c2)cc1. The maximum Gasteiger partial charge on any atom is 0.345 e. The van der Waals surface area contributed by atoms with Gasteiger partial charge in [0.2, 0.25) is 0 Å². The van der Waals surface area contributed by atoms with Crippen molar-refractivity contribution in [3.63, 3.8) is 0 Å². The zero-order valence-corrected chi connectivity index (χ0v) is 18.1. The number of tetrazole rings is 1. The lowest BCUT2D eigenvalue weighted by atomic mass is 10.1. The Morgan fingerprint density at radius 1 is 0.938 bits per heavy atom. The van der Waals surface area contributed by atoms with Crippen molar-refractivity contribution in [2.75, 3.05) is 6.54 Å². The molecule has 0 amide bonds. The molecule has 0 saturated heterocycles. The van der Waals surface area contributed by atoms with Gasteiger partial charge in [-0.2, -0.15) is 4.68 Å². The number of nitrogens with zero attached hydrogens (tertiary/aromatic N) is 4. The van der Waals surface area contributed by atoms with Gasteiger partial charge in [0.1, 0.15) is 5.75 Å². The smallest absolute Gasteiger partial charge is 0.345 e. The normalized spacial score (nSPS) is 10.8. The van der Waals surface area contributed by atoms with Crippen molar-refractivity contribution >= 4 is 23.3 Å². The number of halogens is 1. The lowest BCUT2D eigenvalue weighted by molar-refractivity contribution is 0.426. The minimum atomic E-state index is 0. The quantitative estimate of drug-likeness (QED) is 0.338. The molecule has 7 nitrogen and oxygen atoms in total. The predicted molar refractivity (Wildman–Crippen MR) is 127 cm³/mol. The molecule has 2 N–H and O–H groups in total. The predicted octanol–water partition coefficient (Wildman–Crippen LogP) is 4.69. The Kier molecular flexibility index (Phi) is 6.79. The molecule has 0 aliphatic heterocycles. The first kappa shape index (κ1) is 21.5. The summed E-state index contributed by atoms with van der Waals surface area (Å²) in [5.74, 6) is 0.697. The number of fused-ring (bicyclic) bond motifs is 1. The molecule has 162 valence electrons. The Morgan fingerprint density at radius 2 is 1.78 bits per heavy atom. The lowest BCUT2D eigenvalue weighted by Crippen LogP contribution is -2.16. The zero-order valence-electron chi connectivity index (χ0n) is 17.3. The van der Waals surface area contributed by atoms with Gasteiger partial charge in [0, 0.05) is 23.6 Å². The van der Waals surface area contributed by atoms with Crippen LogP contribution in [0.4, 0.5) is 0 Å². The van der Waals surface area contributed by atoms with Gasteiger partial charge in [-0.1, -0.05) is 53.6 Å². The maximum atomic E-state index is 5.95. The van der Waals surface area contributed by atoms with Crippen LogP contribution in [0.5, 0.6) is 11.8 Å². The highest BCUT2D eigenvalue weighted by molar-refractivity contribution is 5.85. The standard InChI is InChI=1S/C24H22N6O.ClH/c1-2-8-20(9-3-1)30-24(27-28-29-30)31-21-10-6-7-18(15-21)16-25-14-13-19-17-26-23-12-5-4-11-22(19)23;/h1-12,15,17,25-26H,13-14,16H2;1H. The van der Waals surface area contributed by atoms with Gasteiger partial charge in [-0.15, -0.1) is 12.4 Å². The summed E-state index contributed by atoms with van der Waals surface area (Å²) in [4.78, 5) is 3.33. The Labute approximate surface area is 191 Å². The summed E-state index contributed by atoms with van der Waals surface area (Å²) in [6.07, 6.45) is 3.06. The average molecular weight is 447 g/mol. The highest BCUT2D eigenvalue weighted by Crippen LogP contribution is 2.22. The molecular weight excluding hydrogens is 424 g/mol. The summed E-state index contributed by atoms with van der Waals surface area (Å²) in [5, 5.41) is 16.6. The van der Waals surface area contributed by atoms with E-state index in [0.717, 1.165) is 30.8 Å². The lowest BCUT2D eigenvalue weighted by Gasteiger charge is -2.08. The molecule has 0 spiro atoms. The summed E-state index contributed by atoms with van der Waals surface area (Å²) < 4.78 is 7.53. The third-order valence-electron chi connectivity index (χ3n) is 5.12. The molecule has 0 aliphatic carbocycles. The van der Waals surface area contributed by atoms with E-state index in [0.29, 0.717) is 11.8 Å². The molecule has 0 bridgehead atoms. The van der Waals surface area contributed by atoms with Gasteiger partial charge in [0.15, 0.2) is 0 Å². The second-order valence-electron chi connectivity index (χ2n) is 7.24.